The summed E-state index contributed by atoms with van der Waals surface area (Å²) >= 11 is 2.08. The molecule has 2 heterocycles. The van der Waals surface area contributed by atoms with Gasteiger partial charge in [-0.2, -0.15) is 11.8 Å². The first-order valence-electron chi connectivity index (χ1n) is 7.39. The molecule has 17 heavy (non-hydrogen) atoms. The zero-order chi connectivity index (χ0) is 11.7. The van der Waals surface area contributed by atoms with E-state index in [9.17, 15) is 0 Å². The normalized spacial score (nSPS) is 42.9. The number of piperidine rings is 1. The third-order valence-electron chi connectivity index (χ3n) is 5.03. The highest BCUT2D eigenvalue weighted by molar-refractivity contribution is 7.99. The average molecular weight is 254 g/mol. The Bertz CT molecular complexity index is 259. The van der Waals surface area contributed by atoms with Crippen molar-refractivity contribution in [1.29, 1.82) is 0 Å². The molecule has 0 aromatic carbocycles. The van der Waals surface area contributed by atoms with Crippen LogP contribution >= 0.6 is 11.8 Å². The molecule has 0 aromatic rings. The molecule has 3 aliphatic rings. The first-order chi connectivity index (χ1) is 8.36. The Morgan fingerprint density at radius 1 is 1.06 bits per heavy atom. The van der Waals surface area contributed by atoms with Gasteiger partial charge < -0.3 is 10.2 Å². The average Bonchev–Trinajstić information content (AvgIpc) is 2.96. The topological polar surface area (TPSA) is 15.3 Å². The number of hydrogen-bond donors (Lipinski definition) is 1. The van der Waals surface area contributed by atoms with Crippen LogP contribution in [0.5, 0.6) is 0 Å². The van der Waals surface area contributed by atoms with E-state index >= 15 is 0 Å². The summed E-state index contributed by atoms with van der Waals surface area (Å²) in [4.78, 5) is 2.72. The van der Waals surface area contributed by atoms with Crippen molar-refractivity contribution in [3.63, 3.8) is 0 Å². The summed E-state index contributed by atoms with van der Waals surface area (Å²) < 4.78 is 0. The second-order valence-electron chi connectivity index (χ2n) is 6.03. The summed E-state index contributed by atoms with van der Waals surface area (Å²) in [5.41, 5.74) is 0. The Kier molecular flexibility index (Phi) is 3.98. The number of thioether (sulfide) groups is 1. The Balaban J connectivity index is 1.52. The van der Waals surface area contributed by atoms with Crippen LogP contribution in [0.4, 0.5) is 0 Å². The zero-order valence-electron chi connectivity index (χ0n) is 11.0. The first-order valence-corrected chi connectivity index (χ1v) is 8.68. The Morgan fingerprint density at radius 3 is 2.88 bits per heavy atom. The summed E-state index contributed by atoms with van der Waals surface area (Å²) in [5, 5.41) is 4.87. The van der Waals surface area contributed by atoms with Gasteiger partial charge in [-0.15, -0.1) is 0 Å². The molecule has 4 atom stereocenters. The van der Waals surface area contributed by atoms with Gasteiger partial charge in [0.1, 0.15) is 0 Å². The lowest BCUT2D eigenvalue weighted by molar-refractivity contribution is 0.161. The molecule has 3 rings (SSSR count). The van der Waals surface area contributed by atoms with Crippen molar-refractivity contribution in [3.05, 3.63) is 0 Å². The highest BCUT2D eigenvalue weighted by Gasteiger charge is 2.34. The molecule has 0 aromatic heterocycles. The number of rotatable bonds is 3. The first kappa shape index (κ1) is 12.3. The maximum atomic E-state index is 3.98. The third kappa shape index (κ3) is 2.66. The monoisotopic (exact) mass is 254 g/mol. The van der Waals surface area contributed by atoms with Crippen LogP contribution < -0.4 is 5.32 Å². The molecule has 0 radical (unpaired) electrons. The number of nitrogens with one attached hydrogen (secondary N) is 1. The second-order valence-corrected chi connectivity index (χ2v) is 7.11. The fourth-order valence-electron chi connectivity index (χ4n) is 4.08. The minimum absolute atomic E-state index is 0.808. The van der Waals surface area contributed by atoms with Crippen molar-refractivity contribution in [1.82, 2.24) is 10.2 Å². The number of hydrogen-bond acceptors (Lipinski definition) is 3. The van der Waals surface area contributed by atoms with Gasteiger partial charge >= 0.3 is 0 Å². The van der Waals surface area contributed by atoms with Crippen LogP contribution in [0.25, 0.3) is 0 Å². The van der Waals surface area contributed by atoms with Gasteiger partial charge in [-0.3, -0.25) is 0 Å². The van der Waals surface area contributed by atoms with Crippen molar-refractivity contribution in [2.24, 2.45) is 0 Å². The smallest absolute Gasteiger partial charge is 0.0198 e. The third-order valence-corrected chi connectivity index (χ3v) is 6.20. The highest BCUT2D eigenvalue weighted by atomic mass is 32.2. The predicted molar refractivity (Wildman–Crippen MR) is 75.7 cm³/mol. The van der Waals surface area contributed by atoms with E-state index in [2.05, 4.69) is 28.2 Å². The molecule has 4 unspecified atom stereocenters. The van der Waals surface area contributed by atoms with Crippen LogP contribution in [0.3, 0.4) is 0 Å². The van der Waals surface area contributed by atoms with Crippen molar-refractivity contribution in [3.8, 4) is 0 Å². The molecular weight excluding hydrogens is 228 g/mol. The molecule has 2 aliphatic heterocycles. The van der Waals surface area contributed by atoms with Crippen molar-refractivity contribution in [2.75, 3.05) is 19.3 Å². The zero-order valence-corrected chi connectivity index (χ0v) is 11.8. The summed E-state index contributed by atoms with van der Waals surface area (Å²) in [6, 6.07) is 2.53. The van der Waals surface area contributed by atoms with Crippen molar-refractivity contribution in [2.45, 2.75) is 68.3 Å². The highest BCUT2D eigenvalue weighted by Crippen LogP contribution is 2.31. The Morgan fingerprint density at radius 2 is 2.00 bits per heavy atom. The summed E-state index contributed by atoms with van der Waals surface area (Å²) in [5.74, 6) is 0. The lowest BCUT2D eigenvalue weighted by Crippen LogP contribution is -2.49. The molecule has 3 heteroatoms. The Labute approximate surface area is 110 Å². The molecule has 1 saturated carbocycles. The van der Waals surface area contributed by atoms with Gasteiger partial charge in [0.2, 0.25) is 0 Å². The molecule has 98 valence electrons. The lowest BCUT2D eigenvalue weighted by atomic mass is 9.96. The van der Waals surface area contributed by atoms with E-state index in [1.165, 1.54) is 58.0 Å². The van der Waals surface area contributed by atoms with Crippen molar-refractivity contribution < 1.29 is 0 Å². The van der Waals surface area contributed by atoms with Crippen LogP contribution in [-0.4, -0.2) is 47.6 Å². The van der Waals surface area contributed by atoms with Crippen LogP contribution in [0.1, 0.15) is 44.9 Å². The summed E-state index contributed by atoms with van der Waals surface area (Å²) in [6.45, 7) is 2.72. The van der Waals surface area contributed by atoms with Crippen LogP contribution in [0.15, 0.2) is 0 Å². The van der Waals surface area contributed by atoms with Gasteiger partial charge in [0, 0.05) is 23.4 Å². The lowest BCUT2D eigenvalue weighted by Gasteiger charge is -2.37. The van der Waals surface area contributed by atoms with Crippen LogP contribution in [-0.2, 0) is 0 Å². The van der Waals surface area contributed by atoms with Gasteiger partial charge in [0.05, 0.1) is 0 Å². The summed E-state index contributed by atoms with van der Waals surface area (Å²) in [6.07, 6.45) is 12.3. The molecule has 2 nitrogen and oxygen atoms in total. The van der Waals surface area contributed by atoms with Gasteiger partial charge in [-0.05, 0) is 57.9 Å². The van der Waals surface area contributed by atoms with Gasteiger partial charge in [0.15, 0.2) is 0 Å². The molecule has 3 fully saturated rings. The minimum Gasteiger partial charge on any atom is -0.310 e. The Hall–Kier alpha value is 0.270. The van der Waals surface area contributed by atoms with Gasteiger partial charge in [-0.25, -0.2) is 0 Å². The molecule has 0 bridgehead atoms. The molecular formula is C14H26N2S. The van der Waals surface area contributed by atoms with Crippen LogP contribution in [0, 0.1) is 0 Å². The molecule has 0 amide bonds. The molecule has 1 N–H and O–H groups in total. The molecule has 2 saturated heterocycles. The maximum absolute atomic E-state index is 3.98. The van der Waals surface area contributed by atoms with Gasteiger partial charge in [0.25, 0.3) is 0 Å². The fourth-order valence-corrected chi connectivity index (χ4v) is 5.02. The number of nitrogens with zero attached hydrogens (tertiary/aromatic N) is 1. The minimum atomic E-state index is 0.808. The molecule has 1 aliphatic carbocycles. The van der Waals surface area contributed by atoms with E-state index in [0.717, 1.165) is 23.4 Å². The fraction of sp³-hybridized carbons (Fsp3) is 1.00. The van der Waals surface area contributed by atoms with E-state index in [1.807, 2.05) is 0 Å². The standard InChI is InChI=1S/C14H26N2S/c1-17-14-6-2-5-13(14)15-11-7-9-16-8-3-4-12(16)10-11/h11-15H,2-10H2,1H3. The SMILES string of the molecule is CSC1CCCC1NC1CCN2CCCC2C1. The predicted octanol–water partition coefficient (Wildman–Crippen LogP) is 2.49. The largest absolute Gasteiger partial charge is 0.310 e. The summed E-state index contributed by atoms with van der Waals surface area (Å²) in [7, 11) is 0. The second kappa shape index (κ2) is 5.50. The van der Waals surface area contributed by atoms with E-state index in [1.54, 1.807) is 0 Å². The number of fused-ring (bicyclic) bond motifs is 1. The van der Waals surface area contributed by atoms with Crippen molar-refractivity contribution >= 4 is 11.8 Å². The van der Waals surface area contributed by atoms with E-state index in [4.69, 9.17) is 0 Å². The van der Waals surface area contributed by atoms with Gasteiger partial charge in [-0.1, -0.05) is 6.42 Å². The molecule has 0 spiro atoms. The maximum Gasteiger partial charge on any atom is 0.0198 e. The quantitative estimate of drug-likeness (QED) is 0.833. The van der Waals surface area contributed by atoms with E-state index in [0.29, 0.717) is 0 Å². The van der Waals surface area contributed by atoms with Crippen LogP contribution in [0.2, 0.25) is 0 Å². The van der Waals surface area contributed by atoms with E-state index < -0.39 is 0 Å². The van der Waals surface area contributed by atoms with E-state index in [-0.39, 0.29) is 0 Å².